The summed E-state index contributed by atoms with van der Waals surface area (Å²) >= 11 is 1.62. The molecule has 0 saturated carbocycles. The van der Waals surface area contributed by atoms with Crippen LogP contribution in [0.2, 0.25) is 0 Å². The Morgan fingerprint density at radius 1 is 1.05 bits per heavy atom. The number of hydrogen-bond acceptors (Lipinski definition) is 2. The summed E-state index contributed by atoms with van der Waals surface area (Å²) in [6, 6.07) is 15.1. The lowest BCUT2D eigenvalue weighted by Gasteiger charge is -2.17. The number of nitrogens with one attached hydrogen (secondary N) is 1. The Hall–Kier alpha value is -1.58. The highest BCUT2D eigenvalue weighted by atomic mass is 32.2. The fourth-order valence-corrected chi connectivity index (χ4v) is 3.37. The minimum atomic E-state index is -0.187. The molecule has 0 bridgehead atoms. The number of hydrogen-bond donors (Lipinski definition) is 1. The van der Waals surface area contributed by atoms with Crippen LogP contribution in [0.15, 0.2) is 64.4 Å². The molecule has 0 aromatic heterocycles. The van der Waals surface area contributed by atoms with Crippen molar-refractivity contribution >= 4 is 17.3 Å². The van der Waals surface area contributed by atoms with Gasteiger partial charge in [-0.25, -0.2) is 4.39 Å². The summed E-state index contributed by atoms with van der Waals surface area (Å²) in [6.45, 7) is 1.94. The summed E-state index contributed by atoms with van der Waals surface area (Å²) in [6.07, 6.45) is 3.29. The van der Waals surface area contributed by atoms with Crippen LogP contribution in [0.4, 0.5) is 4.39 Å². The lowest BCUT2D eigenvalue weighted by atomic mass is 10.0. The molecule has 102 valence electrons. The van der Waals surface area contributed by atoms with Crippen LogP contribution in [-0.2, 0) is 0 Å². The van der Waals surface area contributed by atoms with Crippen molar-refractivity contribution in [1.29, 1.82) is 0 Å². The van der Waals surface area contributed by atoms with Crippen molar-refractivity contribution in [2.45, 2.75) is 16.2 Å². The molecule has 1 aliphatic rings. The van der Waals surface area contributed by atoms with E-state index in [-0.39, 0.29) is 5.82 Å². The third-order valence-electron chi connectivity index (χ3n) is 3.32. The van der Waals surface area contributed by atoms with Crippen molar-refractivity contribution in [2.24, 2.45) is 0 Å². The monoisotopic (exact) mass is 285 g/mol. The van der Waals surface area contributed by atoms with Gasteiger partial charge in [0.1, 0.15) is 5.82 Å². The molecule has 20 heavy (non-hydrogen) atoms. The molecule has 1 nitrogen and oxygen atoms in total. The van der Waals surface area contributed by atoms with E-state index >= 15 is 0 Å². The first-order valence-electron chi connectivity index (χ1n) is 6.75. The standard InChI is InChI=1S/C17H16FNS/c18-14-4-3-5-15(12-14)20-17-7-2-1-6-16(17)13-8-10-19-11-9-13/h1-8,12,19H,9-11H2. The van der Waals surface area contributed by atoms with Crippen LogP contribution in [0, 0.1) is 5.82 Å². The molecule has 0 aliphatic carbocycles. The first-order valence-corrected chi connectivity index (χ1v) is 7.57. The molecule has 0 spiro atoms. The molecule has 2 aromatic rings. The van der Waals surface area contributed by atoms with Crippen molar-refractivity contribution in [3.05, 3.63) is 66.0 Å². The van der Waals surface area contributed by atoms with E-state index < -0.39 is 0 Å². The van der Waals surface area contributed by atoms with E-state index in [9.17, 15) is 4.39 Å². The van der Waals surface area contributed by atoms with Crippen molar-refractivity contribution in [1.82, 2.24) is 5.32 Å². The SMILES string of the molecule is Fc1cccc(Sc2ccccc2C2=CCNCC2)c1. The van der Waals surface area contributed by atoms with Gasteiger partial charge in [-0.05, 0) is 48.4 Å². The molecule has 0 unspecified atom stereocenters. The van der Waals surface area contributed by atoms with Gasteiger partial charge >= 0.3 is 0 Å². The van der Waals surface area contributed by atoms with Gasteiger partial charge in [0, 0.05) is 16.3 Å². The van der Waals surface area contributed by atoms with E-state index in [0.717, 1.165) is 24.4 Å². The van der Waals surface area contributed by atoms with Gasteiger partial charge in [0.2, 0.25) is 0 Å². The van der Waals surface area contributed by atoms with Gasteiger partial charge in [-0.1, -0.05) is 42.1 Å². The molecular weight excluding hydrogens is 269 g/mol. The van der Waals surface area contributed by atoms with E-state index in [0.29, 0.717) is 0 Å². The van der Waals surface area contributed by atoms with Gasteiger partial charge in [0.15, 0.2) is 0 Å². The quantitative estimate of drug-likeness (QED) is 0.899. The molecule has 1 N–H and O–H groups in total. The minimum Gasteiger partial charge on any atom is -0.313 e. The Bertz CT molecular complexity index is 636. The average molecular weight is 285 g/mol. The predicted octanol–water partition coefficient (Wildman–Crippen LogP) is 4.35. The molecule has 1 aliphatic heterocycles. The van der Waals surface area contributed by atoms with Crippen LogP contribution in [0.1, 0.15) is 12.0 Å². The second kappa shape index (κ2) is 6.25. The van der Waals surface area contributed by atoms with Gasteiger partial charge < -0.3 is 5.32 Å². The highest BCUT2D eigenvalue weighted by Gasteiger charge is 2.11. The molecule has 0 radical (unpaired) electrons. The molecule has 1 heterocycles. The van der Waals surface area contributed by atoms with Crippen LogP contribution in [0.3, 0.4) is 0 Å². The number of benzene rings is 2. The second-order valence-electron chi connectivity index (χ2n) is 4.74. The highest BCUT2D eigenvalue weighted by Crippen LogP contribution is 2.35. The number of halogens is 1. The van der Waals surface area contributed by atoms with Crippen molar-refractivity contribution in [2.75, 3.05) is 13.1 Å². The number of rotatable bonds is 3. The molecular formula is C17H16FNS. The first kappa shape index (κ1) is 13.4. The Morgan fingerprint density at radius 2 is 1.95 bits per heavy atom. The smallest absolute Gasteiger partial charge is 0.124 e. The molecule has 3 heteroatoms. The fourth-order valence-electron chi connectivity index (χ4n) is 2.35. The summed E-state index contributed by atoms with van der Waals surface area (Å²) in [4.78, 5) is 2.12. The van der Waals surface area contributed by atoms with E-state index in [2.05, 4.69) is 29.6 Å². The van der Waals surface area contributed by atoms with Crippen molar-refractivity contribution < 1.29 is 4.39 Å². The maximum atomic E-state index is 13.3. The van der Waals surface area contributed by atoms with Crippen LogP contribution >= 0.6 is 11.8 Å². The molecule has 0 atom stereocenters. The summed E-state index contributed by atoms with van der Waals surface area (Å²) in [7, 11) is 0. The van der Waals surface area contributed by atoms with Crippen LogP contribution < -0.4 is 5.32 Å². The van der Waals surface area contributed by atoms with E-state index in [4.69, 9.17) is 0 Å². The van der Waals surface area contributed by atoms with Gasteiger partial charge in [0.25, 0.3) is 0 Å². The van der Waals surface area contributed by atoms with Crippen LogP contribution in [0.25, 0.3) is 5.57 Å². The topological polar surface area (TPSA) is 12.0 Å². The fraction of sp³-hybridized carbons (Fsp3) is 0.176. The van der Waals surface area contributed by atoms with E-state index in [1.807, 2.05) is 12.1 Å². The summed E-state index contributed by atoms with van der Waals surface area (Å²) in [5.74, 6) is -0.187. The van der Waals surface area contributed by atoms with Crippen LogP contribution in [-0.4, -0.2) is 13.1 Å². The largest absolute Gasteiger partial charge is 0.313 e. The van der Waals surface area contributed by atoms with Crippen molar-refractivity contribution in [3.8, 4) is 0 Å². The maximum absolute atomic E-state index is 13.3. The van der Waals surface area contributed by atoms with Gasteiger partial charge in [0.05, 0.1) is 0 Å². The van der Waals surface area contributed by atoms with E-state index in [1.54, 1.807) is 23.9 Å². The molecule has 3 rings (SSSR count). The van der Waals surface area contributed by atoms with Gasteiger partial charge in [-0.2, -0.15) is 0 Å². The highest BCUT2D eigenvalue weighted by molar-refractivity contribution is 7.99. The normalized spacial score (nSPS) is 14.9. The molecule has 0 saturated heterocycles. The predicted molar refractivity (Wildman–Crippen MR) is 82.4 cm³/mol. The summed E-state index contributed by atoms with van der Waals surface area (Å²) in [5.41, 5.74) is 2.64. The zero-order valence-corrected chi connectivity index (χ0v) is 11.9. The second-order valence-corrected chi connectivity index (χ2v) is 5.85. The third-order valence-corrected chi connectivity index (χ3v) is 4.39. The molecule has 0 fully saturated rings. The minimum absolute atomic E-state index is 0.187. The Kier molecular flexibility index (Phi) is 4.19. The zero-order chi connectivity index (χ0) is 13.8. The molecule has 0 amide bonds. The van der Waals surface area contributed by atoms with E-state index in [1.165, 1.54) is 22.1 Å². The maximum Gasteiger partial charge on any atom is 0.124 e. The zero-order valence-electron chi connectivity index (χ0n) is 11.1. The Labute approximate surface area is 122 Å². The Morgan fingerprint density at radius 3 is 2.75 bits per heavy atom. The van der Waals surface area contributed by atoms with Gasteiger partial charge in [-0.15, -0.1) is 0 Å². The third kappa shape index (κ3) is 3.11. The molecule has 2 aromatic carbocycles. The average Bonchev–Trinajstić information content (AvgIpc) is 2.49. The summed E-state index contributed by atoms with van der Waals surface area (Å²) in [5, 5.41) is 3.33. The van der Waals surface area contributed by atoms with Crippen molar-refractivity contribution in [3.63, 3.8) is 0 Å². The Balaban J connectivity index is 1.92. The lowest BCUT2D eigenvalue weighted by Crippen LogP contribution is -2.20. The van der Waals surface area contributed by atoms with Crippen LogP contribution in [0.5, 0.6) is 0 Å². The first-order chi connectivity index (χ1) is 9.83. The summed E-state index contributed by atoms with van der Waals surface area (Å²) < 4.78 is 13.3. The van der Waals surface area contributed by atoms with Gasteiger partial charge in [-0.3, -0.25) is 0 Å². The lowest BCUT2D eigenvalue weighted by molar-refractivity contribution is 0.624.